The van der Waals surface area contributed by atoms with Crippen LogP contribution in [0.15, 0.2) is 23.1 Å². The van der Waals surface area contributed by atoms with Gasteiger partial charge in [-0.1, -0.05) is 0 Å². The van der Waals surface area contributed by atoms with E-state index in [-0.39, 0.29) is 37.2 Å². The van der Waals surface area contributed by atoms with Crippen molar-refractivity contribution in [2.75, 3.05) is 18.9 Å². The van der Waals surface area contributed by atoms with Gasteiger partial charge in [0.1, 0.15) is 13.1 Å². The molecule has 1 amide bonds. The number of anilines is 1. The molecule has 0 aliphatic heterocycles. The number of hydrogen-bond acceptors (Lipinski definition) is 5. The molecule has 7 heteroatoms. The SMILES string of the molecule is CCOC(=O)CN(C(=O)Cn1cc(N)ccc1=O)C(C)C. The highest BCUT2D eigenvalue weighted by atomic mass is 16.5. The number of esters is 1. The van der Waals surface area contributed by atoms with Gasteiger partial charge in [0.15, 0.2) is 0 Å². The molecule has 0 radical (unpaired) electrons. The molecule has 1 aromatic heterocycles. The van der Waals surface area contributed by atoms with E-state index in [2.05, 4.69) is 0 Å². The lowest BCUT2D eigenvalue weighted by Crippen LogP contribution is -2.44. The summed E-state index contributed by atoms with van der Waals surface area (Å²) in [6, 6.07) is 2.59. The molecule has 0 saturated carbocycles. The van der Waals surface area contributed by atoms with Gasteiger partial charge < -0.3 is 19.9 Å². The Balaban J connectivity index is 2.84. The van der Waals surface area contributed by atoms with Crippen molar-refractivity contribution in [1.82, 2.24) is 9.47 Å². The molecule has 116 valence electrons. The Morgan fingerprint density at radius 3 is 2.62 bits per heavy atom. The average molecular weight is 295 g/mol. The van der Waals surface area contributed by atoms with E-state index in [0.29, 0.717) is 5.69 Å². The second-order valence-corrected chi connectivity index (χ2v) is 4.85. The first kappa shape index (κ1) is 16.7. The third-order valence-corrected chi connectivity index (χ3v) is 2.86. The van der Waals surface area contributed by atoms with Crippen molar-refractivity contribution in [2.24, 2.45) is 0 Å². The number of nitrogens with zero attached hydrogens (tertiary/aromatic N) is 2. The zero-order chi connectivity index (χ0) is 16.0. The van der Waals surface area contributed by atoms with E-state index >= 15 is 0 Å². The second kappa shape index (κ2) is 7.47. The number of carbonyl (C=O) groups excluding carboxylic acids is 2. The Morgan fingerprint density at radius 1 is 1.38 bits per heavy atom. The minimum Gasteiger partial charge on any atom is -0.465 e. The minimum absolute atomic E-state index is 0.137. The fourth-order valence-electron chi connectivity index (χ4n) is 1.81. The maximum atomic E-state index is 12.3. The molecule has 0 atom stereocenters. The van der Waals surface area contributed by atoms with Crippen LogP contribution in [0.1, 0.15) is 20.8 Å². The molecule has 7 nitrogen and oxygen atoms in total. The van der Waals surface area contributed by atoms with Crippen LogP contribution in [0.4, 0.5) is 5.69 Å². The average Bonchev–Trinajstić information content (AvgIpc) is 2.40. The summed E-state index contributed by atoms with van der Waals surface area (Å²) in [6.07, 6.45) is 1.41. The van der Waals surface area contributed by atoms with Gasteiger partial charge in [0.25, 0.3) is 5.56 Å². The fourth-order valence-corrected chi connectivity index (χ4v) is 1.81. The van der Waals surface area contributed by atoms with Crippen molar-refractivity contribution in [3.05, 3.63) is 28.7 Å². The summed E-state index contributed by atoms with van der Waals surface area (Å²) in [5.41, 5.74) is 5.67. The molecular formula is C14H21N3O4. The number of hydrogen-bond donors (Lipinski definition) is 1. The van der Waals surface area contributed by atoms with Crippen LogP contribution in [0.25, 0.3) is 0 Å². The molecule has 21 heavy (non-hydrogen) atoms. The lowest BCUT2D eigenvalue weighted by Gasteiger charge is -2.26. The summed E-state index contributed by atoms with van der Waals surface area (Å²) in [5.74, 6) is -0.815. The number of ether oxygens (including phenoxy) is 1. The molecule has 1 aromatic rings. The number of rotatable bonds is 6. The summed E-state index contributed by atoms with van der Waals surface area (Å²) < 4.78 is 6.06. The lowest BCUT2D eigenvalue weighted by molar-refractivity contribution is -0.150. The first-order valence-corrected chi connectivity index (χ1v) is 6.76. The molecule has 0 spiro atoms. The standard InChI is InChI=1S/C14H21N3O4/c1-4-21-14(20)9-17(10(2)3)13(19)8-16-7-11(15)5-6-12(16)18/h5-7,10H,4,8-9,15H2,1-3H3. The van der Waals surface area contributed by atoms with Gasteiger partial charge in [0.2, 0.25) is 5.91 Å². The molecule has 0 aliphatic rings. The molecule has 1 rings (SSSR count). The Bertz CT molecular complexity index is 566. The van der Waals surface area contributed by atoms with Crippen LogP contribution >= 0.6 is 0 Å². The Labute approximate surface area is 123 Å². The number of nitrogens with two attached hydrogens (primary N) is 1. The van der Waals surface area contributed by atoms with Gasteiger partial charge in [-0.15, -0.1) is 0 Å². The maximum absolute atomic E-state index is 12.3. The predicted molar refractivity (Wildman–Crippen MR) is 78.6 cm³/mol. The third-order valence-electron chi connectivity index (χ3n) is 2.86. The maximum Gasteiger partial charge on any atom is 0.325 e. The lowest BCUT2D eigenvalue weighted by atomic mass is 10.3. The van der Waals surface area contributed by atoms with Gasteiger partial charge >= 0.3 is 5.97 Å². The van der Waals surface area contributed by atoms with Gasteiger partial charge in [0.05, 0.1) is 6.61 Å². The summed E-state index contributed by atoms with van der Waals surface area (Å²) in [7, 11) is 0. The third kappa shape index (κ3) is 4.94. The number of aromatic nitrogens is 1. The topological polar surface area (TPSA) is 94.6 Å². The molecule has 0 bridgehead atoms. The van der Waals surface area contributed by atoms with Crippen LogP contribution in [-0.4, -0.2) is 40.5 Å². The quantitative estimate of drug-likeness (QED) is 0.758. The van der Waals surface area contributed by atoms with Gasteiger partial charge in [-0.05, 0) is 26.8 Å². The zero-order valence-corrected chi connectivity index (χ0v) is 12.5. The molecule has 0 unspecified atom stereocenters. The van der Waals surface area contributed by atoms with Crippen molar-refractivity contribution in [2.45, 2.75) is 33.4 Å². The van der Waals surface area contributed by atoms with E-state index in [4.69, 9.17) is 10.5 Å². The molecular weight excluding hydrogens is 274 g/mol. The van der Waals surface area contributed by atoms with Crippen LogP contribution in [0, 0.1) is 0 Å². The number of nitrogen functional groups attached to an aromatic ring is 1. The van der Waals surface area contributed by atoms with Gasteiger partial charge in [-0.3, -0.25) is 14.4 Å². The molecule has 0 aliphatic carbocycles. The Kier molecular flexibility index (Phi) is 5.95. The van der Waals surface area contributed by atoms with E-state index in [1.807, 2.05) is 0 Å². The second-order valence-electron chi connectivity index (χ2n) is 4.85. The van der Waals surface area contributed by atoms with Crippen LogP contribution in [-0.2, 0) is 20.9 Å². The van der Waals surface area contributed by atoms with Crippen molar-refractivity contribution in [1.29, 1.82) is 0 Å². The highest BCUT2D eigenvalue weighted by Gasteiger charge is 2.21. The van der Waals surface area contributed by atoms with Crippen LogP contribution in [0.3, 0.4) is 0 Å². The summed E-state index contributed by atoms with van der Waals surface area (Å²) in [5, 5.41) is 0. The van der Waals surface area contributed by atoms with Gasteiger partial charge in [-0.2, -0.15) is 0 Å². The van der Waals surface area contributed by atoms with E-state index < -0.39 is 5.97 Å². The highest BCUT2D eigenvalue weighted by molar-refractivity contribution is 5.82. The van der Waals surface area contributed by atoms with E-state index in [1.165, 1.54) is 27.8 Å². The molecule has 1 heterocycles. The molecule has 0 fully saturated rings. The monoisotopic (exact) mass is 295 g/mol. The van der Waals surface area contributed by atoms with E-state index in [0.717, 1.165) is 0 Å². The van der Waals surface area contributed by atoms with Crippen LogP contribution < -0.4 is 11.3 Å². The predicted octanol–water partition coefficient (Wildman–Crippen LogP) is 0.231. The molecule has 2 N–H and O–H groups in total. The number of carbonyl (C=O) groups is 2. The molecule has 0 aromatic carbocycles. The minimum atomic E-state index is -0.473. The van der Waals surface area contributed by atoms with Crippen molar-refractivity contribution < 1.29 is 14.3 Å². The van der Waals surface area contributed by atoms with Crippen LogP contribution in [0.2, 0.25) is 0 Å². The summed E-state index contributed by atoms with van der Waals surface area (Å²) in [6.45, 7) is 5.24. The fraction of sp³-hybridized carbons (Fsp3) is 0.500. The first-order valence-electron chi connectivity index (χ1n) is 6.76. The molecule has 0 saturated heterocycles. The summed E-state index contributed by atoms with van der Waals surface area (Å²) in [4.78, 5) is 36.8. The Hall–Kier alpha value is -2.31. The number of amides is 1. The normalized spacial score (nSPS) is 10.5. The Morgan fingerprint density at radius 2 is 2.05 bits per heavy atom. The van der Waals surface area contributed by atoms with Crippen molar-refractivity contribution in [3.8, 4) is 0 Å². The van der Waals surface area contributed by atoms with Crippen molar-refractivity contribution in [3.63, 3.8) is 0 Å². The largest absolute Gasteiger partial charge is 0.465 e. The summed E-state index contributed by atoms with van der Waals surface area (Å²) >= 11 is 0. The van der Waals surface area contributed by atoms with Gasteiger partial charge in [0, 0.05) is 24.0 Å². The van der Waals surface area contributed by atoms with E-state index in [9.17, 15) is 14.4 Å². The van der Waals surface area contributed by atoms with E-state index in [1.54, 1.807) is 20.8 Å². The van der Waals surface area contributed by atoms with Gasteiger partial charge in [-0.25, -0.2) is 0 Å². The van der Waals surface area contributed by atoms with Crippen LogP contribution in [0.5, 0.6) is 0 Å². The zero-order valence-electron chi connectivity index (χ0n) is 12.5. The first-order chi connectivity index (χ1) is 9.85. The number of pyridine rings is 1. The smallest absolute Gasteiger partial charge is 0.325 e. The highest BCUT2D eigenvalue weighted by Crippen LogP contribution is 2.03. The van der Waals surface area contributed by atoms with Crippen molar-refractivity contribution >= 4 is 17.6 Å².